The lowest BCUT2D eigenvalue weighted by atomic mass is 10.0. The average molecular weight is 319 g/mol. The molecule has 4 heteroatoms. The molecule has 0 spiro atoms. The topological polar surface area (TPSA) is 37.6 Å². The average Bonchev–Trinajstić information content (AvgIpc) is 3.29. The van der Waals surface area contributed by atoms with Gasteiger partial charge in [0.15, 0.2) is 0 Å². The van der Waals surface area contributed by atoms with Gasteiger partial charge in [0, 0.05) is 12.6 Å². The molecule has 3 aromatic rings. The number of carbonyl (C=O) groups excluding carboxylic acids is 1. The minimum atomic E-state index is 0.0971. The lowest BCUT2D eigenvalue weighted by molar-refractivity contribution is 0.0722. The first-order chi connectivity index (χ1) is 11.8. The number of hydrogen-bond acceptors (Lipinski definition) is 2. The Morgan fingerprint density at radius 2 is 1.96 bits per heavy atom. The monoisotopic (exact) mass is 319 g/mol. The molecule has 1 saturated heterocycles. The number of benzene rings is 1. The van der Waals surface area contributed by atoms with Crippen LogP contribution in [0.5, 0.6) is 0 Å². The first kappa shape index (κ1) is 14.9. The second kappa shape index (κ2) is 6.48. The van der Waals surface area contributed by atoms with Gasteiger partial charge in [-0.1, -0.05) is 36.4 Å². The fourth-order valence-electron chi connectivity index (χ4n) is 3.64. The largest absolute Gasteiger partial charge is 0.334 e. The van der Waals surface area contributed by atoms with Crippen LogP contribution in [0.4, 0.5) is 0 Å². The molecule has 1 amide bonds. The van der Waals surface area contributed by atoms with Crippen molar-refractivity contribution >= 4 is 11.4 Å². The number of pyridine rings is 1. The predicted molar refractivity (Wildman–Crippen MR) is 94.0 cm³/mol. The van der Waals surface area contributed by atoms with Crippen LogP contribution in [0, 0.1) is 0 Å². The van der Waals surface area contributed by atoms with E-state index in [1.54, 1.807) is 10.7 Å². The maximum absolute atomic E-state index is 13.0. The molecule has 0 radical (unpaired) electrons. The molecule has 4 nitrogen and oxygen atoms in total. The van der Waals surface area contributed by atoms with Crippen molar-refractivity contribution < 1.29 is 4.79 Å². The van der Waals surface area contributed by atoms with Gasteiger partial charge in [-0.05, 0) is 49.4 Å². The Balaban J connectivity index is 1.52. The Kier molecular flexibility index (Phi) is 4.03. The van der Waals surface area contributed by atoms with Crippen molar-refractivity contribution in [2.45, 2.75) is 31.7 Å². The molecule has 0 aliphatic carbocycles. The van der Waals surface area contributed by atoms with Gasteiger partial charge in [0.2, 0.25) is 0 Å². The summed E-state index contributed by atoms with van der Waals surface area (Å²) in [5.74, 6) is 0.0971. The van der Waals surface area contributed by atoms with Crippen LogP contribution in [0.15, 0.2) is 60.8 Å². The molecule has 1 fully saturated rings. The van der Waals surface area contributed by atoms with Crippen LogP contribution >= 0.6 is 0 Å². The summed E-state index contributed by atoms with van der Waals surface area (Å²) in [6.07, 6.45) is 5.95. The van der Waals surface area contributed by atoms with E-state index in [1.807, 2.05) is 35.2 Å². The molecule has 0 bridgehead atoms. The third kappa shape index (κ3) is 2.80. The van der Waals surface area contributed by atoms with Crippen molar-refractivity contribution in [1.29, 1.82) is 0 Å². The summed E-state index contributed by atoms with van der Waals surface area (Å²) in [5, 5.41) is 4.30. The Hall–Kier alpha value is -2.62. The summed E-state index contributed by atoms with van der Waals surface area (Å²) >= 11 is 0. The van der Waals surface area contributed by atoms with Gasteiger partial charge in [0.1, 0.15) is 5.69 Å². The van der Waals surface area contributed by atoms with E-state index in [2.05, 4.69) is 29.4 Å². The van der Waals surface area contributed by atoms with Gasteiger partial charge in [-0.3, -0.25) is 4.79 Å². The van der Waals surface area contributed by atoms with E-state index in [9.17, 15) is 4.79 Å². The second-order valence-corrected chi connectivity index (χ2v) is 6.40. The number of carbonyl (C=O) groups is 1. The molecular weight excluding hydrogens is 298 g/mol. The van der Waals surface area contributed by atoms with Crippen LogP contribution in [0.1, 0.15) is 35.3 Å². The molecule has 3 heterocycles. The van der Waals surface area contributed by atoms with E-state index in [0.717, 1.165) is 37.7 Å². The Morgan fingerprint density at radius 1 is 1.08 bits per heavy atom. The van der Waals surface area contributed by atoms with Crippen LogP contribution in [0.25, 0.3) is 5.52 Å². The highest BCUT2D eigenvalue weighted by Gasteiger charge is 2.30. The van der Waals surface area contributed by atoms with Gasteiger partial charge < -0.3 is 4.90 Å². The summed E-state index contributed by atoms with van der Waals surface area (Å²) < 4.78 is 1.74. The van der Waals surface area contributed by atoms with Crippen LogP contribution in [0.2, 0.25) is 0 Å². The van der Waals surface area contributed by atoms with E-state index < -0.39 is 0 Å². The number of fused-ring (bicyclic) bond motifs is 1. The second-order valence-electron chi connectivity index (χ2n) is 6.40. The first-order valence-corrected chi connectivity index (χ1v) is 8.60. The molecule has 1 aliphatic rings. The third-order valence-corrected chi connectivity index (χ3v) is 4.89. The zero-order valence-corrected chi connectivity index (χ0v) is 13.6. The van der Waals surface area contributed by atoms with Gasteiger partial charge in [-0.25, -0.2) is 4.52 Å². The highest BCUT2D eigenvalue weighted by Crippen LogP contribution is 2.24. The normalized spacial score (nSPS) is 17.5. The van der Waals surface area contributed by atoms with Crippen LogP contribution < -0.4 is 0 Å². The maximum atomic E-state index is 13.0. The molecule has 4 rings (SSSR count). The van der Waals surface area contributed by atoms with E-state index in [4.69, 9.17) is 0 Å². The van der Waals surface area contributed by atoms with Gasteiger partial charge in [0.25, 0.3) is 5.91 Å². The van der Waals surface area contributed by atoms with Crippen molar-refractivity contribution in [3.63, 3.8) is 0 Å². The summed E-state index contributed by atoms with van der Waals surface area (Å²) in [6, 6.07) is 18.5. The number of nitrogens with zero attached hydrogens (tertiary/aromatic N) is 3. The van der Waals surface area contributed by atoms with Crippen LogP contribution in [-0.2, 0) is 6.42 Å². The number of likely N-dealkylation sites (tertiary alicyclic amines) is 1. The Bertz CT molecular complexity index is 840. The molecule has 0 unspecified atom stereocenters. The van der Waals surface area contributed by atoms with Crippen molar-refractivity contribution in [2.75, 3.05) is 6.54 Å². The van der Waals surface area contributed by atoms with Crippen molar-refractivity contribution in [3.8, 4) is 0 Å². The number of amides is 1. The predicted octanol–water partition coefficient (Wildman–Crippen LogP) is 3.57. The van der Waals surface area contributed by atoms with Crippen molar-refractivity contribution in [3.05, 3.63) is 72.1 Å². The highest BCUT2D eigenvalue weighted by molar-refractivity contribution is 5.93. The van der Waals surface area contributed by atoms with Crippen molar-refractivity contribution in [2.24, 2.45) is 0 Å². The van der Waals surface area contributed by atoms with E-state index in [0.29, 0.717) is 11.7 Å². The molecule has 1 aromatic carbocycles. The fraction of sp³-hybridized carbons (Fsp3) is 0.300. The molecule has 24 heavy (non-hydrogen) atoms. The molecular formula is C20H21N3O. The zero-order valence-electron chi connectivity index (χ0n) is 13.6. The SMILES string of the molecule is O=C(c1cccc2ccnn12)N1CCC[C@@H]1CCc1ccccc1. The maximum Gasteiger partial charge on any atom is 0.272 e. The summed E-state index contributed by atoms with van der Waals surface area (Å²) in [6.45, 7) is 0.843. The molecule has 1 atom stereocenters. The summed E-state index contributed by atoms with van der Waals surface area (Å²) in [4.78, 5) is 15.1. The minimum absolute atomic E-state index is 0.0971. The summed E-state index contributed by atoms with van der Waals surface area (Å²) in [5.41, 5.74) is 2.95. The molecule has 1 aliphatic heterocycles. The lowest BCUT2D eigenvalue weighted by Gasteiger charge is -2.25. The molecule has 2 aromatic heterocycles. The van der Waals surface area contributed by atoms with E-state index in [-0.39, 0.29) is 5.91 Å². The van der Waals surface area contributed by atoms with E-state index in [1.165, 1.54) is 5.56 Å². The standard InChI is InChI=1S/C20H21N3O/c24-20(19-10-4-8-18-13-14-21-23(18)19)22-15-5-9-17(22)12-11-16-6-2-1-3-7-16/h1-4,6-8,10,13-14,17H,5,9,11-12,15H2/t17-/m1/s1. The summed E-state index contributed by atoms with van der Waals surface area (Å²) in [7, 11) is 0. The highest BCUT2D eigenvalue weighted by atomic mass is 16.2. The fourth-order valence-corrected chi connectivity index (χ4v) is 3.64. The Labute approximate surface area is 141 Å². The van der Waals surface area contributed by atoms with Gasteiger partial charge in [-0.15, -0.1) is 0 Å². The molecule has 0 saturated carbocycles. The zero-order chi connectivity index (χ0) is 16.4. The van der Waals surface area contributed by atoms with Crippen molar-refractivity contribution in [1.82, 2.24) is 14.5 Å². The smallest absolute Gasteiger partial charge is 0.272 e. The first-order valence-electron chi connectivity index (χ1n) is 8.60. The number of aromatic nitrogens is 2. The molecule has 0 N–H and O–H groups in total. The lowest BCUT2D eigenvalue weighted by Crippen LogP contribution is -2.36. The number of aryl methyl sites for hydroxylation is 1. The van der Waals surface area contributed by atoms with Crippen LogP contribution in [0.3, 0.4) is 0 Å². The minimum Gasteiger partial charge on any atom is -0.334 e. The van der Waals surface area contributed by atoms with Gasteiger partial charge in [0.05, 0.1) is 11.7 Å². The van der Waals surface area contributed by atoms with E-state index >= 15 is 0 Å². The number of hydrogen-bond donors (Lipinski definition) is 0. The quantitative estimate of drug-likeness (QED) is 0.737. The van der Waals surface area contributed by atoms with Gasteiger partial charge >= 0.3 is 0 Å². The van der Waals surface area contributed by atoms with Crippen LogP contribution in [-0.4, -0.2) is 33.0 Å². The molecule has 122 valence electrons. The number of rotatable bonds is 4. The van der Waals surface area contributed by atoms with Gasteiger partial charge in [-0.2, -0.15) is 5.10 Å². The third-order valence-electron chi connectivity index (χ3n) is 4.89. The Morgan fingerprint density at radius 3 is 2.83 bits per heavy atom.